The van der Waals surface area contributed by atoms with E-state index in [1.54, 1.807) is 6.07 Å². The molecule has 1 saturated heterocycles. The van der Waals surface area contributed by atoms with E-state index in [2.05, 4.69) is 9.97 Å². The zero-order valence-corrected chi connectivity index (χ0v) is 15.3. The molecule has 1 aromatic carbocycles. The van der Waals surface area contributed by atoms with Gasteiger partial charge in [0.2, 0.25) is 0 Å². The van der Waals surface area contributed by atoms with E-state index in [1.165, 1.54) is 12.1 Å². The third-order valence-corrected chi connectivity index (χ3v) is 5.55. The van der Waals surface area contributed by atoms with Gasteiger partial charge in [0.1, 0.15) is 11.6 Å². The lowest BCUT2D eigenvalue weighted by molar-refractivity contribution is 0.0600. The molecule has 0 bridgehead atoms. The van der Waals surface area contributed by atoms with Gasteiger partial charge in [-0.05, 0) is 57.4 Å². The maximum Gasteiger partial charge on any atom is 0.256 e. The highest BCUT2D eigenvalue weighted by Crippen LogP contribution is 2.32. The largest absolute Gasteiger partial charge is 0.351 e. The molecule has 3 heterocycles. The first-order valence-electron chi connectivity index (χ1n) is 9.05. The summed E-state index contributed by atoms with van der Waals surface area (Å²) < 4.78 is 15.5. The second-order valence-corrected chi connectivity index (χ2v) is 7.14. The number of imidazole rings is 1. The van der Waals surface area contributed by atoms with Crippen LogP contribution in [0, 0.1) is 19.7 Å². The number of aryl methyl sites for hydroxylation is 1. The van der Waals surface area contributed by atoms with Crippen LogP contribution in [0.2, 0.25) is 0 Å². The summed E-state index contributed by atoms with van der Waals surface area (Å²) in [6.07, 6.45) is 2.90. The molecule has 3 aromatic rings. The number of carbonyl (C=O) groups excluding carboxylic acids is 1. The molecular weight excluding hydrogens is 331 g/mol. The van der Waals surface area contributed by atoms with Crippen molar-refractivity contribution >= 4 is 16.9 Å². The number of hydrogen-bond donors (Lipinski definition) is 1. The Morgan fingerprint density at radius 1 is 1.27 bits per heavy atom. The van der Waals surface area contributed by atoms with Gasteiger partial charge in [0.25, 0.3) is 5.91 Å². The summed E-state index contributed by atoms with van der Waals surface area (Å²) >= 11 is 0. The van der Waals surface area contributed by atoms with E-state index in [4.69, 9.17) is 0 Å². The quantitative estimate of drug-likeness (QED) is 0.755. The first-order chi connectivity index (χ1) is 12.5. The van der Waals surface area contributed by atoms with Crippen LogP contribution in [0.4, 0.5) is 4.39 Å². The first kappa shape index (κ1) is 16.8. The maximum atomic E-state index is 13.5. The topological polar surface area (TPSA) is 53.9 Å². The highest BCUT2D eigenvalue weighted by atomic mass is 19.1. The van der Waals surface area contributed by atoms with Gasteiger partial charge < -0.3 is 14.5 Å². The molecule has 0 spiro atoms. The molecule has 4 rings (SSSR count). The molecule has 1 atom stereocenters. The summed E-state index contributed by atoms with van der Waals surface area (Å²) in [7, 11) is 1.98. The first-order valence-corrected chi connectivity index (χ1v) is 9.05. The number of piperidine rings is 1. The van der Waals surface area contributed by atoms with Crippen molar-refractivity contribution in [1.29, 1.82) is 0 Å². The number of aromatic nitrogens is 3. The Morgan fingerprint density at radius 2 is 2.08 bits per heavy atom. The molecule has 2 aromatic heterocycles. The Hall–Kier alpha value is -2.63. The predicted molar refractivity (Wildman–Crippen MR) is 98.6 cm³/mol. The van der Waals surface area contributed by atoms with E-state index in [-0.39, 0.29) is 17.8 Å². The van der Waals surface area contributed by atoms with E-state index in [0.29, 0.717) is 12.1 Å². The molecule has 1 aliphatic rings. The SMILES string of the molecule is Cc1cc(C(=O)N2CCCCC2c2nc3ccc(F)cc3[nH]2)c(C)n1C. The van der Waals surface area contributed by atoms with Crippen LogP contribution in [0.25, 0.3) is 11.0 Å². The molecule has 1 amide bonds. The molecular formula is C20H23FN4O. The number of fused-ring (bicyclic) bond motifs is 1. The van der Waals surface area contributed by atoms with Crippen molar-refractivity contribution in [1.82, 2.24) is 19.4 Å². The minimum Gasteiger partial charge on any atom is -0.351 e. The van der Waals surface area contributed by atoms with Gasteiger partial charge in [-0.3, -0.25) is 4.79 Å². The maximum absolute atomic E-state index is 13.5. The second-order valence-electron chi connectivity index (χ2n) is 7.14. The average molecular weight is 354 g/mol. The van der Waals surface area contributed by atoms with Crippen LogP contribution in [0.3, 0.4) is 0 Å². The summed E-state index contributed by atoms with van der Waals surface area (Å²) in [5.74, 6) is 0.492. The fourth-order valence-electron chi connectivity index (χ4n) is 3.84. The van der Waals surface area contributed by atoms with Gasteiger partial charge in [0.15, 0.2) is 0 Å². The van der Waals surface area contributed by atoms with Crippen molar-refractivity contribution in [3.63, 3.8) is 0 Å². The molecule has 1 fully saturated rings. The number of carbonyl (C=O) groups is 1. The molecule has 0 saturated carbocycles. The van der Waals surface area contributed by atoms with Crippen molar-refractivity contribution in [3.05, 3.63) is 52.9 Å². The van der Waals surface area contributed by atoms with Gasteiger partial charge in [-0.15, -0.1) is 0 Å². The Kier molecular flexibility index (Phi) is 4.05. The highest BCUT2D eigenvalue weighted by Gasteiger charge is 2.32. The van der Waals surface area contributed by atoms with Crippen molar-refractivity contribution in [2.24, 2.45) is 7.05 Å². The van der Waals surface area contributed by atoms with Gasteiger partial charge in [0, 0.05) is 25.0 Å². The fourth-order valence-corrected chi connectivity index (χ4v) is 3.84. The number of hydrogen-bond acceptors (Lipinski definition) is 2. The lowest BCUT2D eigenvalue weighted by Crippen LogP contribution is -2.39. The number of H-pyrrole nitrogens is 1. The molecule has 1 aliphatic heterocycles. The van der Waals surface area contributed by atoms with Gasteiger partial charge in [-0.2, -0.15) is 0 Å². The summed E-state index contributed by atoms with van der Waals surface area (Å²) in [6, 6.07) is 6.38. The highest BCUT2D eigenvalue weighted by molar-refractivity contribution is 5.96. The smallest absolute Gasteiger partial charge is 0.256 e. The number of nitrogens with one attached hydrogen (secondary N) is 1. The summed E-state index contributed by atoms with van der Waals surface area (Å²) in [6.45, 7) is 4.69. The van der Waals surface area contributed by atoms with Gasteiger partial charge in [0.05, 0.1) is 22.6 Å². The Bertz CT molecular complexity index is 987. The number of nitrogens with zero attached hydrogens (tertiary/aromatic N) is 3. The van der Waals surface area contributed by atoms with E-state index in [0.717, 1.165) is 47.6 Å². The van der Waals surface area contributed by atoms with Crippen LogP contribution in [0.15, 0.2) is 24.3 Å². The standard InChI is InChI=1S/C20H23FN4O/c1-12-10-15(13(2)24(12)3)20(26)25-9-5-4-6-18(25)19-22-16-8-7-14(21)11-17(16)23-19/h7-8,10-11,18H,4-6,9H2,1-3H3,(H,22,23). The second kappa shape index (κ2) is 6.27. The van der Waals surface area contributed by atoms with Crippen LogP contribution < -0.4 is 0 Å². The third kappa shape index (κ3) is 2.69. The van der Waals surface area contributed by atoms with Crippen molar-refractivity contribution < 1.29 is 9.18 Å². The van der Waals surface area contributed by atoms with Crippen LogP contribution >= 0.6 is 0 Å². The van der Waals surface area contributed by atoms with Crippen molar-refractivity contribution in [2.75, 3.05) is 6.54 Å². The molecule has 1 unspecified atom stereocenters. The molecule has 0 radical (unpaired) electrons. The van der Waals surface area contributed by atoms with Crippen molar-refractivity contribution in [3.8, 4) is 0 Å². The Morgan fingerprint density at radius 3 is 2.81 bits per heavy atom. The number of halogens is 1. The van der Waals surface area contributed by atoms with Gasteiger partial charge in [-0.25, -0.2) is 9.37 Å². The third-order valence-electron chi connectivity index (χ3n) is 5.55. The summed E-state index contributed by atoms with van der Waals surface area (Å²) in [5.41, 5.74) is 4.19. The molecule has 1 N–H and O–H groups in total. The van der Waals surface area contributed by atoms with Crippen LogP contribution in [-0.4, -0.2) is 31.9 Å². The fraction of sp³-hybridized carbons (Fsp3) is 0.400. The van der Waals surface area contributed by atoms with E-state index in [9.17, 15) is 9.18 Å². The Labute approximate surface area is 151 Å². The summed E-state index contributed by atoms with van der Waals surface area (Å²) in [4.78, 5) is 23.0. The van der Waals surface area contributed by atoms with Gasteiger partial charge in [-0.1, -0.05) is 0 Å². The minimum absolute atomic E-state index is 0.0440. The van der Waals surface area contributed by atoms with E-state index in [1.807, 2.05) is 36.4 Å². The monoisotopic (exact) mass is 354 g/mol. The molecule has 6 heteroatoms. The average Bonchev–Trinajstić information content (AvgIpc) is 3.17. The number of amides is 1. The van der Waals surface area contributed by atoms with E-state index < -0.39 is 0 Å². The molecule has 26 heavy (non-hydrogen) atoms. The number of rotatable bonds is 2. The zero-order chi connectivity index (χ0) is 18.4. The lowest BCUT2D eigenvalue weighted by Gasteiger charge is -2.34. The number of likely N-dealkylation sites (tertiary alicyclic amines) is 1. The van der Waals surface area contributed by atoms with E-state index >= 15 is 0 Å². The predicted octanol–water partition coefficient (Wildman–Crippen LogP) is 4.02. The van der Waals surface area contributed by atoms with Crippen LogP contribution in [0.1, 0.15) is 52.9 Å². The lowest BCUT2D eigenvalue weighted by atomic mass is 10.00. The van der Waals surface area contributed by atoms with Crippen LogP contribution in [0.5, 0.6) is 0 Å². The Balaban J connectivity index is 1.71. The van der Waals surface area contributed by atoms with Crippen molar-refractivity contribution in [2.45, 2.75) is 39.2 Å². The minimum atomic E-state index is -0.292. The van der Waals surface area contributed by atoms with Gasteiger partial charge >= 0.3 is 0 Å². The molecule has 5 nitrogen and oxygen atoms in total. The molecule has 0 aliphatic carbocycles. The number of aromatic amines is 1. The zero-order valence-electron chi connectivity index (χ0n) is 15.3. The normalized spacial score (nSPS) is 17.8. The van der Waals surface area contributed by atoms with Crippen LogP contribution in [-0.2, 0) is 7.05 Å². The summed E-state index contributed by atoms with van der Waals surface area (Å²) in [5, 5.41) is 0. The molecule has 136 valence electrons. The number of benzene rings is 1.